The van der Waals surface area contributed by atoms with Crippen LogP contribution in [0.25, 0.3) is 0 Å². The maximum absolute atomic E-state index is 12.3. The van der Waals surface area contributed by atoms with Gasteiger partial charge in [-0.05, 0) is 37.9 Å². The predicted molar refractivity (Wildman–Crippen MR) is 80.1 cm³/mol. The van der Waals surface area contributed by atoms with Gasteiger partial charge in [-0.3, -0.25) is 14.2 Å². The second kappa shape index (κ2) is 5.18. The van der Waals surface area contributed by atoms with E-state index in [1.54, 1.807) is 6.07 Å². The van der Waals surface area contributed by atoms with Crippen LogP contribution >= 0.6 is 43.2 Å². The van der Waals surface area contributed by atoms with Gasteiger partial charge in [0.25, 0.3) is 5.56 Å². The normalized spacial score (nSPS) is 10.7. The molecule has 2 rings (SSSR count). The quantitative estimate of drug-likeness (QED) is 0.714. The van der Waals surface area contributed by atoms with E-state index in [2.05, 4.69) is 31.9 Å². The summed E-state index contributed by atoms with van der Waals surface area (Å²) in [6.45, 7) is 0. The van der Waals surface area contributed by atoms with Crippen molar-refractivity contribution in [1.29, 1.82) is 0 Å². The Hall–Kier alpha value is -0.990. The number of nitrogens with zero attached hydrogens (tertiary/aromatic N) is 2. The number of thiophene rings is 1. The van der Waals surface area contributed by atoms with Crippen LogP contribution in [0.4, 0.5) is 0 Å². The van der Waals surface area contributed by atoms with E-state index in [-0.39, 0.29) is 5.56 Å². The van der Waals surface area contributed by atoms with Crippen LogP contribution in [0.1, 0.15) is 15.2 Å². The highest BCUT2D eigenvalue weighted by atomic mass is 79.9. The van der Waals surface area contributed by atoms with Gasteiger partial charge in [-0.25, -0.2) is 4.79 Å². The highest BCUT2D eigenvalue weighted by molar-refractivity contribution is 9.13. The Morgan fingerprint density at radius 1 is 1.26 bits per heavy atom. The first-order chi connectivity index (χ1) is 8.82. The lowest BCUT2D eigenvalue weighted by atomic mass is 10.2. The Kier molecular flexibility index (Phi) is 3.93. The van der Waals surface area contributed by atoms with Gasteiger partial charge >= 0.3 is 5.69 Å². The van der Waals surface area contributed by atoms with Crippen LogP contribution in [0.15, 0.2) is 30.1 Å². The van der Waals surface area contributed by atoms with Gasteiger partial charge in [0, 0.05) is 24.8 Å². The van der Waals surface area contributed by atoms with E-state index in [0.29, 0.717) is 4.88 Å². The lowest BCUT2D eigenvalue weighted by Crippen LogP contribution is -2.39. The summed E-state index contributed by atoms with van der Waals surface area (Å²) >= 11 is 7.81. The molecule has 0 amide bonds. The van der Waals surface area contributed by atoms with Crippen LogP contribution < -0.4 is 11.2 Å². The first kappa shape index (κ1) is 14.4. The van der Waals surface area contributed by atoms with Crippen molar-refractivity contribution in [3.8, 4) is 0 Å². The molecular weight excluding hydrogens is 400 g/mol. The Labute approximate surface area is 128 Å². The molecule has 5 nitrogen and oxygen atoms in total. The Morgan fingerprint density at radius 2 is 1.89 bits per heavy atom. The molecule has 0 saturated carbocycles. The predicted octanol–water partition coefficient (Wildman–Crippen LogP) is 1.90. The van der Waals surface area contributed by atoms with Crippen LogP contribution in [-0.2, 0) is 14.1 Å². The smallest absolute Gasteiger partial charge is 0.303 e. The molecule has 0 aliphatic rings. The maximum Gasteiger partial charge on any atom is 0.330 e. The fraction of sp³-hybridized carbons (Fsp3) is 0.182. The third-order valence-corrected chi connectivity index (χ3v) is 5.82. The second-order valence-corrected chi connectivity index (χ2v) is 7.09. The van der Waals surface area contributed by atoms with E-state index >= 15 is 0 Å². The van der Waals surface area contributed by atoms with E-state index in [9.17, 15) is 14.4 Å². The third kappa shape index (κ3) is 2.52. The summed E-state index contributed by atoms with van der Waals surface area (Å²) in [5.41, 5.74) is -1.07. The molecule has 2 aromatic rings. The molecule has 0 aromatic carbocycles. The number of aryl methyl sites for hydroxylation is 1. The van der Waals surface area contributed by atoms with E-state index in [4.69, 9.17) is 0 Å². The Bertz CT molecular complexity index is 769. The highest BCUT2D eigenvalue weighted by Gasteiger charge is 2.19. The molecule has 2 heterocycles. The number of carbonyl (C=O) groups excluding carboxylic acids is 1. The molecule has 0 saturated heterocycles. The first-order valence-corrected chi connectivity index (χ1v) is 7.49. The standard InChI is InChI=1S/C11H8Br2N2O3S/c1-14-4-5(10(17)15(2)11(14)18)8(16)7-3-6(12)9(13)19-7/h3-4H,1-2H3. The molecule has 19 heavy (non-hydrogen) atoms. The molecule has 0 atom stereocenters. The Morgan fingerprint density at radius 3 is 2.42 bits per heavy atom. The van der Waals surface area contributed by atoms with Crippen LogP contribution in [-0.4, -0.2) is 14.9 Å². The van der Waals surface area contributed by atoms with Crippen molar-refractivity contribution in [3.05, 3.63) is 51.8 Å². The average molecular weight is 408 g/mol. The zero-order valence-corrected chi connectivity index (χ0v) is 13.9. The molecule has 2 aromatic heterocycles. The minimum atomic E-state index is -0.589. The number of halogens is 2. The SMILES string of the molecule is Cn1cc(C(=O)c2cc(Br)c(Br)s2)c(=O)n(C)c1=O. The number of hydrogen-bond acceptors (Lipinski definition) is 4. The van der Waals surface area contributed by atoms with Crippen molar-refractivity contribution >= 4 is 49.0 Å². The van der Waals surface area contributed by atoms with Crippen molar-refractivity contribution in [2.24, 2.45) is 14.1 Å². The largest absolute Gasteiger partial charge is 0.330 e. The van der Waals surface area contributed by atoms with Crippen molar-refractivity contribution in [3.63, 3.8) is 0 Å². The molecule has 0 radical (unpaired) electrons. The summed E-state index contributed by atoms with van der Waals surface area (Å²) < 4.78 is 3.66. The minimum Gasteiger partial charge on any atom is -0.303 e. The van der Waals surface area contributed by atoms with Gasteiger partial charge in [-0.15, -0.1) is 11.3 Å². The van der Waals surface area contributed by atoms with E-state index in [1.165, 1.54) is 36.2 Å². The summed E-state index contributed by atoms with van der Waals surface area (Å²) in [6.07, 6.45) is 1.27. The maximum atomic E-state index is 12.3. The van der Waals surface area contributed by atoms with Gasteiger partial charge < -0.3 is 4.57 Å². The summed E-state index contributed by atoms with van der Waals surface area (Å²) in [7, 11) is 2.85. The Balaban J connectivity index is 2.63. The topological polar surface area (TPSA) is 61.1 Å². The van der Waals surface area contributed by atoms with Crippen molar-refractivity contribution in [1.82, 2.24) is 9.13 Å². The van der Waals surface area contributed by atoms with Gasteiger partial charge in [-0.1, -0.05) is 0 Å². The van der Waals surface area contributed by atoms with Crippen LogP contribution in [0.3, 0.4) is 0 Å². The lowest BCUT2D eigenvalue weighted by molar-refractivity contribution is 0.103. The van der Waals surface area contributed by atoms with Gasteiger partial charge in [0.15, 0.2) is 0 Å². The first-order valence-electron chi connectivity index (χ1n) is 5.09. The molecule has 0 unspecified atom stereocenters. The number of rotatable bonds is 2. The van der Waals surface area contributed by atoms with Gasteiger partial charge in [0.05, 0.1) is 8.66 Å². The van der Waals surface area contributed by atoms with Crippen LogP contribution in [0, 0.1) is 0 Å². The fourth-order valence-electron chi connectivity index (χ4n) is 1.56. The molecular formula is C11H8Br2N2O3S. The monoisotopic (exact) mass is 406 g/mol. The molecule has 0 aliphatic carbocycles. The molecule has 100 valence electrons. The summed E-state index contributed by atoms with van der Waals surface area (Å²) in [4.78, 5) is 36.2. The van der Waals surface area contributed by atoms with E-state index in [1.807, 2.05) is 0 Å². The summed E-state index contributed by atoms with van der Waals surface area (Å²) in [5, 5.41) is 0. The summed E-state index contributed by atoms with van der Waals surface area (Å²) in [6, 6.07) is 1.64. The highest BCUT2D eigenvalue weighted by Crippen LogP contribution is 2.33. The molecule has 0 aliphatic heterocycles. The van der Waals surface area contributed by atoms with Crippen molar-refractivity contribution in [2.75, 3.05) is 0 Å². The third-order valence-electron chi connectivity index (χ3n) is 2.56. The number of ketones is 1. The second-order valence-electron chi connectivity index (χ2n) is 3.86. The molecule has 0 bridgehead atoms. The van der Waals surface area contributed by atoms with Crippen LogP contribution in [0.5, 0.6) is 0 Å². The van der Waals surface area contributed by atoms with Gasteiger partial charge in [0.2, 0.25) is 5.78 Å². The minimum absolute atomic E-state index is 0.0224. The average Bonchev–Trinajstić information content (AvgIpc) is 2.71. The number of carbonyl (C=O) groups is 1. The summed E-state index contributed by atoms with van der Waals surface area (Å²) in [5.74, 6) is -0.396. The van der Waals surface area contributed by atoms with Gasteiger partial charge in [0.1, 0.15) is 5.56 Å². The molecule has 0 N–H and O–H groups in total. The zero-order chi connectivity index (χ0) is 14.3. The van der Waals surface area contributed by atoms with Crippen LogP contribution in [0.2, 0.25) is 0 Å². The molecule has 0 fully saturated rings. The zero-order valence-electron chi connectivity index (χ0n) is 9.94. The molecule has 8 heteroatoms. The van der Waals surface area contributed by atoms with E-state index in [0.717, 1.165) is 12.8 Å². The fourth-order valence-corrected chi connectivity index (χ4v) is 3.55. The molecule has 0 spiro atoms. The number of aromatic nitrogens is 2. The lowest BCUT2D eigenvalue weighted by Gasteiger charge is -2.04. The van der Waals surface area contributed by atoms with Gasteiger partial charge in [-0.2, -0.15) is 0 Å². The van der Waals surface area contributed by atoms with Crippen molar-refractivity contribution in [2.45, 2.75) is 0 Å². The van der Waals surface area contributed by atoms with Crippen molar-refractivity contribution < 1.29 is 4.79 Å². The van der Waals surface area contributed by atoms with E-state index < -0.39 is 17.0 Å². The number of hydrogen-bond donors (Lipinski definition) is 0.